The van der Waals surface area contributed by atoms with Gasteiger partial charge < -0.3 is 9.84 Å². The van der Waals surface area contributed by atoms with Gasteiger partial charge in [0.05, 0.1) is 0 Å². The van der Waals surface area contributed by atoms with Gasteiger partial charge in [0.1, 0.15) is 17.1 Å². The van der Waals surface area contributed by atoms with Crippen molar-refractivity contribution in [3.05, 3.63) is 11.3 Å². The topological polar surface area (TPSA) is 63.6 Å². The molecule has 1 atom stereocenters. The number of carbonyl (C=O) groups is 2. The van der Waals surface area contributed by atoms with Crippen molar-refractivity contribution >= 4 is 11.6 Å². The number of aliphatic hydroxyl groups is 1. The van der Waals surface area contributed by atoms with Crippen LogP contribution >= 0.6 is 0 Å². The minimum atomic E-state index is -0.934. The first-order valence-electron chi connectivity index (χ1n) is 6.57. The molecular formula is C15H26O4. The molecule has 0 rings (SSSR count). The Morgan fingerprint density at radius 2 is 1.68 bits per heavy atom. The van der Waals surface area contributed by atoms with Gasteiger partial charge in [-0.15, -0.1) is 0 Å². The number of ether oxygens (including phenoxy) is 1. The van der Waals surface area contributed by atoms with Gasteiger partial charge in [-0.2, -0.15) is 0 Å². The molecule has 0 radical (unpaired) electrons. The zero-order chi connectivity index (χ0) is 15.4. The first-order valence-corrected chi connectivity index (χ1v) is 6.57. The van der Waals surface area contributed by atoms with Crippen molar-refractivity contribution in [2.45, 2.75) is 53.6 Å². The monoisotopic (exact) mass is 270 g/mol. The van der Waals surface area contributed by atoms with Crippen LogP contribution in [0.5, 0.6) is 0 Å². The van der Waals surface area contributed by atoms with Gasteiger partial charge in [-0.05, 0) is 27.2 Å². The van der Waals surface area contributed by atoms with Crippen LogP contribution in [0.3, 0.4) is 0 Å². The molecule has 0 saturated carbocycles. The van der Waals surface area contributed by atoms with Crippen molar-refractivity contribution in [2.75, 3.05) is 7.11 Å². The van der Waals surface area contributed by atoms with Crippen molar-refractivity contribution in [1.82, 2.24) is 0 Å². The van der Waals surface area contributed by atoms with Gasteiger partial charge in [-0.25, -0.2) is 0 Å². The quantitative estimate of drug-likeness (QED) is 0.570. The molecule has 0 aliphatic rings. The summed E-state index contributed by atoms with van der Waals surface area (Å²) in [5, 5.41) is 10.3. The number of allylic oxidation sites excluding steroid dienone is 1. The largest absolute Gasteiger partial charge is 0.509 e. The standard InChI is InChI=1S/C15H26O4/c1-9(2)13(17)12(8-10(3)11(4)16)14(18)15(5,6)19-7/h9-10,18H,8H2,1-7H3/t10-/m0/s1. The molecule has 0 bridgehead atoms. The summed E-state index contributed by atoms with van der Waals surface area (Å²) in [6, 6.07) is 0. The Hall–Kier alpha value is -1.16. The number of aliphatic hydroxyl groups excluding tert-OH is 1. The summed E-state index contributed by atoms with van der Waals surface area (Å²) in [6.45, 7) is 10.2. The van der Waals surface area contributed by atoms with E-state index in [1.54, 1.807) is 34.6 Å². The third-order valence-electron chi connectivity index (χ3n) is 3.39. The van der Waals surface area contributed by atoms with Crippen LogP contribution in [0.1, 0.15) is 48.0 Å². The molecule has 0 aliphatic carbocycles. The Labute approximate surface area is 115 Å². The summed E-state index contributed by atoms with van der Waals surface area (Å²) < 4.78 is 5.21. The molecule has 0 heterocycles. The van der Waals surface area contributed by atoms with E-state index in [1.165, 1.54) is 14.0 Å². The van der Waals surface area contributed by atoms with E-state index in [9.17, 15) is 14.7 Å². The van der Waals surface area contributed by atoms with Gasteiger partial charge >= 0.3 is 0 Å². The first-order chi connectivity index (χ1) is 8.54. The Morgan fingerprint density at radius 1 is 1.21 bits per heavy atom. The lowest BCUT2D eigenvalue weighted by molar-refractivity contribution is -0.121. The molecule has 0 aromatic carbocycles. The van der Waals surface area contributed by atoms with Gasteiger partial charge in [-0.1, -0.05) is 20.8 Å². The molecule has 0 amide bonds. The lowest BCUT2D eigenvalue weighted by atomic mass is 9.87. The van der Waals surface area contributed by atoms with Crippen LogP contribution in [-0.4, -0.2) is 29.4 Å². The van der Waals surface area contributed by atoms with E-state index < -0.39 is 5.60 Å². The average Bonchev–Trinajstić information content (AvgIpc) is 2.33. The van der Waals surface area contributed by atoms with Crippen LogP contribution in [0.4, 0.5) is 0 Å². The van der Waals surface area contributed by atoms with Crippen molar-refractivity contribution in [3.63, 3.8) is 0 Å². The highest BCUT2D eigenvalue weighted by Crippen LogP contribution is 2.27. The smallest absolute Gasteiger partial charge is 0.164 e. The fourth-order valence-electron chi connectivity index (χ4n) is 1.57. The van der Waals surface area contributed by atoms with Gasteiger partial charge in [0.2, 0.25) is 0 Å². The second-order valence-electron chi connectivity index (χ2n) is 5.78. The van der Waals surface area contributed by atoms with Crippen LogP contribution in [0.2, 0.25) is 0 Å². The lowest BCUT2D eigenvalue weighted by Gasteiger charge is -2.26. The minimum absolute atomic E-state index is 0.00270. The maximum Gasteiger partial charge on any atom is 0.164 e. The number of rotatable bonds is 7. The van der Waals surface area contributed by atoms with E-state index in [0.717, 1.165) is 0 Å². The SMILES string of the molecule is COC(C)(C)C(O)=C(C[C@H](C)C(C)=O)C(=O)C(C)C. The highest BCUT2D eigenvalue weighted by atomic mass is 16.5. The number of Topliss-reactive ketones (excluding diaryl/α,β-unsaturated/α-hetero) is 2. The maximum absolute atomic E-state index is 12.2. The summed E-state index contributed by atoms with van der Waals surface area (Å²) in [4.78, 5) is 23.6. The maximum atomic E-state index is 12.2. The molecule has 110 valence electrons. The van der Waals surface area contributed by atoms with Crippen LogP contribution in [-0.2, 0) is 14.3 Å². The zero-order valence-corrected chi connectivity index (χ0v) is 13.0. The van der Waals surface area contributed by atoms with Crippen LogP contribution in [0, 0.1) is 11.8 Å². The van der Waals surface area contributed by atoms with E-state index in [2.05, 4.69) is 0 Å². The summed E-state index contributed by atoms with van der Waals surface area (Å²) in [5.41, 5.74) is -0.638. The second-order valence-corrected chi connectivity index (χ2v) is 5.78. The van der Waals surface area contributed by atoms with Crippen molar-refractivity contribution < 1.29 is 19.4 Å². The lowest BCUT2D eigenvalue weighted by Crippen LogP contribution is -2.30. The van der Waals surface area contributed by atoms with Crippen molar-refractivity contribution in [1.29, 1.82) is 0 Å². The Balaban J connectivity index is 5.58. The first kappa shape index (κ1) is 17.8. The summed E-state index contributed by atoms with van der Waals surface area (Å²) in [5.74, 6) is -0.758. The van der Waals surface area contributed by atoms with Crippen LogP contribution in [0.25, 0.3) is 0 Å². The molecular weight excluding hydrogens is 244 g/mol. The van der Waals surface area contributed by atoms with Crippen LogP contribution in [0.15, 0.2) is 11.3 Å². The van der Waals surface area contributed by atoms with Gasteiger partial charge in [0, 0.05) is 24.5 Å². The number of hydrogen-bond donors (Lipinski definition) is 1. The fourth-order valence-corrected chi connectivity index (χ4v) is 1.57. The van der Waals surface area contributed by atoms with E-state index >= 15 is 0 Å². The molecule has 0 spiro atoms. The molecule has 0 aliphatic heterocycles. The van der Waals surface area contributed by atoms with E-state index in [1.807, 2.05) is 0 Å². The van der Waals surface area contributed by atoms with Gasteiger partial charge in [-0.3, -0.25) is 9.59 Å². The molecule has 0 unspecified atom stereocenters. The number of ketones is 2. The Kier molecular flexibility index (Phi) is 6.43. The number of hydrogen-bond acceptors (Lipinski definition) is 4. The summed E-state index contributed by atoms with van der Waals surface area (Å²) in [7, 11) is 1.47. The van der Waals surface area contributed by atoms with Gasteiger partial charge in [0.15, 0.2) is 5.78 Å². The highest BCUT2D eigenvalue weighted by Gasteiger charge is 2.30. The number of methoxy groups -OCH3 is 1. The molecule has 4 nitrogen and oxygen atoms in total. The molecule has 0 aromatic rings. The number of carbonyl (C=O) groups excluding carboxylic acids is 2. The Morgan fingerprint density at radius 3 is 2.00 bits per heavy atom. The molecule has 4 heteroatoms. The molecule has 19 heavy (non-hydrogen) atoms. The summed E-state index contributed by atoms with van der Waals surface area (Å²) in [6.07, 6.45) is 0.241. The van der Waals surface area contributed by atoms with Crippen LogP contribution < -0.4 is 0 Å². The second kappa shape index (κ2) is 6.85. The third-order valence-corrected chi connectivity index (χ3v) is 3.39. The third kappa shape index (κ3) is 4.78. The normalized spacial score (nSPS) is 15.2. The Bertz CT molecular complexity index is 378. The summed E-state index contributed by atoms with van der Waals surface area (Å²) >= 11 is 0. The molecule has 0 fully saturated rings. The predicted octanol–water partition coefficient (Wildman–Crippen LogP) is 3.06. The zero-order valence-electron chi connectivity index (χ0n) is 13.0. The molecule has 0 saturated heterocycles. The minimum Gasteiger partial charge on any atom is -0.509 e. The van der Waals surface area contributed by atoms with Crippen molar-refractivity contribution in [2.24, 2.45) is 11.8 Å². The fraction of sp³-hybridized carbons (Fsp3) is 0.733. The van der Waals surface area contributed by atoms with E-state index in [4.69, 9.17) is 4.74 Å². The van der Waals surface area contributed by atoms with E-state index in [-0.39, 0.29) is 35.6 Å². The highest BCUT2D eigenvalue weighted by molar-refractivity contribution is 5.98. The van der Waals surface area contributed by atoms with E-state index in [0.29, 0.717) is 5.57 Å². The molecule has 1 N–H and O–H groups in total. The average molecular weight is 270 g/mol. The van der Waals surface area contributed by atoms with Gasteiger partial charge in [0.25, 0.3) is 0 Å². The molecule has 0 aromatic heterocycles. The predicted molar refractivity (Wildman–Crippen MR) is 75.0 cm³/mol. The van der Waals surface area contributed by atoms with Crippen molar-refractivity contribution in [3.8, 4) is 0 Å².